The van der Waals surface area contributed by atoms with E-state index in [-0.39, 0.29) is 0 Å². The van der Waals surface area contributed by atoms with Gasteiger partial charge in [0.1, 0.15) is 6.33 Å². The fraction of sp³-hybridized carbons (Fsp3) is 0.500. The van der Waals surface area contributed by atoms with Crippen LogP contribution < -0.4 is 5.32 Å². The average Bonchev–Trinajstić information content (AvgIpc) is 2.93. The summed E-state index contributed by atoms with van der Waals surface area (Å²) in [7, 11) is 4.18. The number of para-hydroxylation sites is 1. The number of nitrogens with zero attached hydrogens (tertiary/aromatic N) is 4. The zero-order valence-electron chi connectivity index (χ0n) is 12.8. The summed E-state index contributed by atoms with van der Waals surface area (Å²) in [5.41, 5.74) is 2.26. The Kier molecular flexibility index (Phi) is 4.20. The van der Waals surface area contributed by atoms with Gasteiger partial charge in [-0.15, -0.1) is 10.2 Å². The van der Waals surface area contributed by atoms with Gasteiger partial charge in [-0.05, 0) is 51.0 Å². The Balaban J connectivity index is 1.70. The molecule has 1 saturated heterocycles. The van der Waals surface area contributed by atoms with Crippen molar-refractivity contribution in [2.45, 2.75) is 12.8 Å². The summed E-state index contributed by atoms with van der Waals surface area (Å²) in [6.45, 7) is 3.44. The van der Waals surface area contributed by atoms with Gasteiger partial charge in [0.25, 0.3) is 0 Å². The fourth-order valence-electron chi connectivity index (χ4n) is 2.88. The standard InChI is InChI=1S/C16H23N5/c1-20-9-7-13(8-10-20)11-17-15-6-4-3-5-14(15)16-19-18-12-21(16)2/h3-6,12-13,17H,7-11H2,1-2H3. The van der Waals surface area contributed by atoms with Crippen molar-refractivity contribution in [1.82, 2.24) is 19.7 Å². The third kappa shape index (κ3) is 3.24. The fourth-order valence-corrected chi connectivity index (χ4v) is 2.88. The van der Waals surface area contributed by atoms with Crippen LogP contribution in [0.5, 0.6) is 0 Å². The van der Waals surface area contributed by atoms with Crippen LogP contribution in [0.3, 0.4) is 0 Å². The molecule has 112 valence electrons. The lowest BCUT2D eigenvalue weighted by Crippen LogP contribution is -2.33. The molecule has 0 bridgehead atoms. The third-order valence-corrected chi connectivity index (χ3v) is 4.30. The van der Waals surface area contributed by atoms with E-state index >= 15 is 0 Å². The predicted octanol–water partition coefficient (Wildman–Crippen LogP) is 2.24. The van der Waals surface area contributed by atoms with Gasteiger partial charge in [0, 0.05) is 24.8 Å². The molecule has 1 N–H and O–H groups in total. The van der Waals surface area contributed by atoms with Gasteiger partial charge in [0.05, 0.1) is 0 Å². The minimum absolute atomic E-state index is 0.758. The van der Waals surface area contributed by atoms with E-state index in [1.807, 2.05) is 17.7 Å². The van der Waals surface area contributed by atoms with E-state index in [9.17, 15) is 0 Å². The van der Waals surface area contributed by atoms with E-state index in [4.69, 9.17) is 0 Å². The molecular weight excluding hydrogens is 262 g/mol. The molecule has 1 aromatic carbocycles. The first-order chi connectivity index (χ1) is 10.2. The summed E-state index contributed by atoms with van der Waals surface area (Å²) >= 11 is 0. The molecule has 3 rings (SSSR count). The van der Waals surface area contributed by atoms with Gasteiger partial charge in [-0.25, -0.2) is 0 Å². The van der Waals surface area contributed by atoms with Crippen LogP contribution >= 0.6 is 0 Å². The number of nitrogens with one attached hydrogen (secondary N) is 1. The largest absolute Gasteiger partial charge is 0.384 e. The Hall–Kier alpha value is -1.88. The summed E-state index contributed by atoms with van der Waals surface area (Å²) in [4.78, 5) is 2.41. The molecule has 1 aromatic heterocycles. The molecule has 0 saturated carbocycles. The molecule has 1 aliphatic heterocycles. The molecule has 1 aliphatic rings. The molecule has 0 atom stereocenters. The zero-order chi connectivity index (χ0) is 14.7. The molecule has 2 heterocycles. The first-order valence-corrected chi connectivity index (χ1v) is 7.60. The smallest absolute Gasteiger partial charge is 0.165 e. The first-order valence-electron chi connectivity index (χ1n) is 7.60. The second kappa shape index (κ2) is 6.26. The summed E-state index contributed by atoms with van der Waals surface area (Å²) in [5.74, 6) is 1.66. The van der Waals surface area contributed by atoms with E-state index in [2.05, 4.69) is 45.7 Å². The van der Waals surface area contributed by atoms with Gasteiger partial charge < -0.3 is 14.8 Å². The Labute approximate surface area is 126 Å². The minimum atomic E-state index is 0.758. The van der Waals surface area contributed by atoms with Crippen LogP contribution in [0.2, 0.25) is 0 Å². The quantitative estimate of drug-likeness (QED) is 0.936. The summed E-state index contributed by atoms with van der Waals surface area (Å²) in [6, 6.07) is 8.33. The zero-order valence-corrected chi connectivity index (χ0v) is 12.8. The molecule has 2 aromatic rings. The SMILES string of the molecule is CN1CCC(CNc2ccccc2-c2nncn2C)CC1. The highest BCUT2D eigenvalue weighted by atomic mass is 15.2. The monoisotopic (exact) mass is 285 g/mol. The number of aromatic nitrogens is 3. The molecule has 0 spiro atoms. The maximum absolute atomic E-state index is 4.22. The number of rotatable bonds is 4. The summed E-state index contributed by atoms with van der Waals surface area (Å²) in [6.07, 6.45) is 4.29. The summed E-state index contributed by atoms with van der Waals surface area (Å²) < 4.78 is 1.95. The maximum Gasteiger partial charge on any atom is 0.165 e. The Bertz CT molecular complexity index is 584. The third-order valence-electron chi connectivity index (χ3n) is 4.30. The lowest BCUT2D eigenvalue weighted by molar-refractivity contribution is 0.226. The van der Waals surface area contributed by atoms with Gasteiger partial charge >= 0.3 is 0 Å². The van der Waals surface area contributed by atoms with Crippen molar-refractivity contribution in [3.8, 4) is 11.4 Å². The molecule has 0 radical (unpaired) electrons. The van der Waals surface area contributed by atoms with E-state index in [0.717, 1.165) is 29.5 Å². The number of anilines is 1. The molecule has 0 aliphatic carbocycles. The maximum atomic E-state index is 4.22. The molecule has 5 heteroatoms. The lowest BCUT2D eigenvalue weighted by Gasteiger charge is -2.29. The van der Waals surface area contributed by atoms with E-state index in [1.54, 1.807) is 6.33 Å². The van der Waals surface area contributed by atoms with Gasteiger partial charge in [-0.2, -0.15) is 0 Å². The highest BCUT2D eigenvalue weighted by Gasteiger charge is 2.17. The van der Waals surface area contributed by atoms with Crippen molar-refractivity contribution in [2.75, 3.05) is 32.0 Å². The Morgan fingerprint density at radius 3 is 2.67 bits per heavy atom. The van der Waals surface area contributed by atoms with Crippen LogP contribution in [-0.4, -0.2) is 46.3 Å². The molecule has 0 unspecified atom stereocenters. The molecule has 1 fully saturated rings. The normalized spacial score (nSPS) is 17.0. The molecule has 5 nitrogen and oxygen atoms in total. The molecule has 0 amide bonds. The van der Waals surface area contributed by atoms with Crippen molar-refractivity contribution in [1.29, 1.82) is 0 Å². The van der Waals surface area contributed by atoms with Crippen LogP contribution in [-0.2, 0) is 7.05 Å². The average molecular weight is 285 g/mol. The van der Waals surface area contributed by atoms with Crippen LogP contribution in [0.15, 0.2) is 30.6 Å². The van der Waals surface area contributed by atoms with Crippen LogP contribution in [0.25, 0.3) is 11.4 Å². The van der Waals surface area contributed by atoms with Crippen LogP contribution in [0, 0.1) is 5.92 Å². The number of aryl methyl sites for hydroxylation is 1. The summed E-state index contributed by atoms with van der Waals surface area (Å²) in [5, 5.41) is 11.8. The van der Waals surface area contributed by atoms with Crippen LogP contribution in [0.4, 0.5) is 5.69 Å². The van der Waals surface area contributed by atoms with Gasteiger partial charge in [-0.3, -0.25) is 0 Å². The number of likely N-dealkylation sites (tertiary alicyclic amines) is 1. The highest BCUT2D eigenvalue weighted by molar-refractivity contribution is 5.73. The Morgan fingerprint density at radius 1 is 1.19 bits per heavy atom. The highest BCUT2D eigenvalue weighted by Crippen LogP contribution is 2.26. The van der Waals surface area contributed by atoms with Gasteiger partial charge in [0.2, 0.25) is 0 Å². The van der Waals surface area contributed by atoms with Gasteiger partial charge in [-0.1, -0.05) is 12.1 Å². The van der Waals surface area contributed by atoms with Crippen molar-refractivity contribution >= 4 is 5.69 Å². The van der Waals surface area contributed by atoms with Crippen molar-refractivity contribution in [3.05, 3.63) is 30.6 Å². The number of benzene rings is 1. The predicted molar refractivity (Wildman–Crippen MR) is 85.1 cm³/mol. The second-order valence-corrected chi connectivity index (χ2v) is 5.94. The number of piperidine rings is 1. The van der Waals surface area contributed by atoms with Crippen molar-refractivity contribution in [2.24, 2.45) is 13.0 Å². The second-order valence-electron chi connectivity index (χ2n) is 5.94. The number of hydrogen-bond donors (Lipinski definition) is 1. The topological polar surface area (TPSA) is 46.0 Å². The Morgan fingerprint density at radius 2 is 1.95 bits per heavy atom. The van der Waals surface area contributed by atoms with E-state index in [1.165, 1.54) is 25.9 Å². The minimum Gasteiger partial charge on any atom is -0.384 e. The first kappa shape index (κ1) is 14.1. The molecular formula is C16H23N5. The number of hydrogen-bond acceptors (Lipinski definition) is 4. The van der Waals surface area contributed by atoms with Crippen LogP contribution in [0.1, 0.15) is 12.8 Å². The lowest BCUT2D eigenvalue weighted by atomic mass is 9.97. The van der Waals surface area contributed by atoms with Gasteiger partial charge in [0.15, 0.2) is 5.82 Å². The van der Waals surface area contributed by atoms with E-state index in [0.29, 0.717) is 0 Å². The molecule has 21 heavy (non-hydrogen) atoms. The van der Waals surface area contributed by atoms with E-state index < -0.39 is 0 Å². The van der Waals surface area contributed by atoms with Crippen molar-refractivity contribution in [3.63, 3.8) is 0 Å². The van der Waals surface area contributed by atoms with Crippen molar-refractivity contribution < 1.29 is 0 Å².